The van der Waals surface area contributed by atoms with Crippen LogP contribution in [0.2, 0.25) is 0 Å². The molecule has 1 saturated heterocycles. The zero-order chi connectivity index (χ0) is 15.8. The summed E-state index contributed by atoms with van der Waals surface area (Å²) in [7, 11) is -0.344. The van der Waals surface area contributed by atoms with Crippen molar-refractivity contribution in [3.63, 3.8) is 0 Å². The van der Waals surface area contributed by atoms with Gasteiger partial charge in [0.25, 0.3) is 0 Å². The molecule has 0 spiro atoms. The minimum absolute atomic E-state index is 0.00133. The number of nitrogens with zero attached hydrogens (tertiary/aromatic N) is 2. The maximum absolute atomic E-state index is 11.8. The van der Waals surface area contributed by atoms with Gasteiger partial charge in [0.05, 0.1) is 11.6 Å². The summed E-state index contributed by atoms with van der Waals surface area (Å²) in [4.78, 5) is 22.8. The Bertz CT molecular complexity index is 599. The summed E-state index contributed by atoms with van der Waals surface area (Å²) >= 11 is 0. The van der Waals surface area contributed by atoms with E-state index in [0.717, 1.165) is 11.3 Å². The van der Waals surface area contributed by atoms with Crippen molar-refractivity contribution < 1.29 is 9.59 Å². The van der Waals surface area contributed by atoms with Crippen molar-refractivity contribution in [3.05, 3.63) is 35.9 Å². The van der Waals surface area contributed by atoms with E-state index in [0.29, 0.717) is 31.0 Å². The molecule has 7 heteroatoms. The van der Waals surface area contributed by atoms with Gasteiger partial charge in [-0.05, 0) is 29.6 Å². The van der Waals surface area contributed by atoms with Crippen molar-refractivity contribution in [1.82, 2.24) is 10.6 Å². The van der Waals surface area contributed by atoms with E-state index in [1.807, 2.05) is 37.3 Å². The second-order valence-electron chi connectivity index (χ2n) is 5.03. The van der Waals surface area contributed by atoms with Crippen LogP contribution in [0.5, 0.6) is 0 Å². The van der Waals surface area contributed by atoms with Crippen LogP contribution in [0.3, 0.4) is 0 Å². The molecule has 1 aliphatic rings. The lowest BCUT2D eigenvalue weighted by Crippen LogP contribution is -2.22. The molecule has 22 heavy (non-hydrogen) atoms. The Morgan fingerprint density at radius 2 is 2.09 bits per heavy atom. The Balaban J connectivity index is 1.70. The molecule has 0 saturated carbocycles. The van der Waals surface area contributed by atoms with Crippen molar-refractivity contribution in [3.8, 4) is 0 Å². The summed E-state index contributed by atoms with van der Waals surface area (Å²) in [6.45, 7) is 2.39. The van der Waals surface area contributed by atoms with Gasteiger partial charge in [-0.2, -0.15) is 5.10 Å². The molecule has 118 valence electrons. The molecular weight excluding hydrogens is 300 g/mol. The van der Waals surface area contributed by atoms with Gasteiger partial charge < -0.3 is 10.6 Å². The van der Waals surface area contributed by atoms with Crippen LogP contribution in [0.15, 0.2) is 39.9 Å². The van der Waals surface area contributed by atoms with Gasteiger partial charge in [-0.15, -0.1) is 4.47 Å². The van der Waals surface area contributed by atoms with Crippen LogP contribution in [0.1, 0.15) is 25.3 Å². The standard InChI is InChI=1S/C15H20N4O2S/c1-12(18-19-22-10-15(21)17-11-22)7-8-14(20)16-9-13-5-3-2-4-6-13/h2-6H,7-11H2,1H3,(H,16,20)(H,17,21)/b18-12+. The molecule has 2 amide bonds. The molecule has 2 rings (SSSR count). The van der Waals surface area contributed by atoms with Gasteiger partial charge >= 0.3 is 0 Å². The van der Waals surface area contributed by atoms with Gasteiger partial charge in [-0.25, -0.2) is 0 Å². The van der Waals surface area contributed by atoms with E-state index < -0.39 is 0 Å². The monoisotopic (exact) mass is 320 g/mol. The van der Waals surface area contributed by atoms with Crippen LogP contribution in [-0.4, -0.2) is 29.2 Å². The second kappa shape index (κ2) is 8.43. The summed E-state index contributed by atoms with van der Waals surface area (Å²) < 4.78 is 4.15. The van der Waals surface area contributed by atoms with E-state index in [-0.39, 0.29) is 22.5 Å². The number of hydrogen-bond acceptors (Lipinski definition) is 3. The zero-order valence-corrected chi connectivity index (χ0v) is 13.4. The molecule has 0 aliphatic carbocycles. The predicted octanol–water partition coefficient (Wildman–Crippen LogP) is 1.35. The van der Waals surface area contributed by atoms with E-state index in [1.54, 1.807) is 0 Å². The molecule has 1 aliphatic heterocycles. The van der Waals surface area contributed by atoms with E-state index in [9.17, 15) is 9.59 Å². The van der Waals surface area contributed by atoms with Crippen molar-refractivity contribution in [2.45, 2.75) is 26.3 Å². The largest absolute Gasteiger partial charge is 0.352 e. The SMILES string of the molecule is C/C(CCC(=O)NCc1ccccc1)=N\N=S1\CNC(=O)C1. The molecule has 2 N–H and O–H groups in total. The molecule has 1 atom stereocenters. The highest BCUT2D eigenvalue weighted by Gasteiger charge is 2.14. The van der Waals surface area contributed by atoms with Crippen LogP contribution < -0.4 is 10.6 Å². The molecule has 0 aromatic heterocycles. The van der Waals surface area contributed by atoms with Crippen molar-refractivity contribution >= 4 is 28.2 Å². The van der Waals surface area contributed by atoms with Gasteiger partial charge in [-0.1, -0.05) is 30.3 Å². The van der Waals surface area contributed by atoms with E-state index in [2.05, 4.69) is 20.2 Å². The van der Waals surface area contributed by atoms with Crippen molar-refractivity contribution in [1.29, 1.82) is 0 Å². The average molecular weight is 320 g/mol. The second-order valence-corrected chi connectivity index (χ2v) is 6.70. The van der Waals surface area contributed by atoms with Gasteiger partial charge in [0, 0.05) is 18.7 Å². The van der Waals surface area contributed by atoms with Crippen LogP contribution in [0.25, 0.3) is 0 Å². The summed E-state index contributed by atoms with van der Waals surface area (Å²) in [6.07, 6.45) is 0.964. The number of carbonyl (C=O) groups is 2. The summed E-state index contributed by atoms with van der Waals surface area (Å²) in [5.74, 6) is 1.03. The van der Waals surface area contributed by atoms with Crippen LogP contribution >= 0.6 is 0 Å². The molecule has 1 aromatic carbocycles. The lowest BCUT2D eigenvalue weighted by atomic mass is 10.2. The zero-order valence-electron chi connectivity index (χ0n) is 12.5. The highest BCUT2D eigenvalue weighted by atomic mass is 32.2. The Labute approximate surface area is 132 Å². The average Bonchev–Trinajstić information content (AvgIpc) is 2.95. The van der Waals surface area contributed by atoms with Gasteiger partial charge in [-0.3, -0.25) is 9.59 Å². The fourth-order valence-electron chi connectivity index (χ4n) is 1.83. The summed E-state index contributed by atoms with van der Waals surface area (Å²) in [6, 6.07) is 9.79. The minimum atomic E-state index is -0.344. The van der Waals surface area contributed by atoms with E-state index in [1.165, 1.54) is 0 Å². The highest BCUT2D eigenvalue weighted by molar-refractivity contribution is 7.88. The van der Waals surface area contributed by atoms with E-state index >= 15 is 0 Å². The number of benzene rings is 1. The molecule has 6 nitrogen and oxygen atoms in total. The fourth-order valence-corrected chi connectivity index (χ4v) is 3.04. The normalized spacial score (nSPS) is 18.3. The smallest absolute Gasteiger partial charge is 0.231 e. The Morgan fingerprint density at radius 3 is 2.77 bits per heavy atom. The maximum Gasteiger partial charge on any atom is 0.231 e. The van der Waals surface area contributed by atoms with Crippen LogP contribution in [0, 0.1) is 0 Å². The number of hydrogen-bond donors (Lipinski definition) is 2. The Hall–Kier alpha value is -2.02. The summed E-state index contributed by atoms with van der Waals surface area (Å²) in [5.41, 5.74) is 1.89. The number of amides is 2. The fraction of sp³-hybridized carbons (Fsp3) is 0.400. The van der Waals surface area contributed by atoms with Gasteiger partial charge in [0.2, 0.25) is 11.8 Å². The lowest BCUT2D eigenvalue weighted by Gasteiger charge is -2.04. The first-order valence-electron chi connectivity index (χ1n) is 7.12. The molecule has 1 aromatic rings. The first-order valence-corrected chi connectivity index (χ1v) is 8.64. The molecule has 0 radical (unpaired) electrons. The third kappa shape index (κ3) is 5.77. The lowest BCUT2D eigenvalue weighted by molar-refractivity contribution is -0.121. The number of rotatable bonds is 6. The van der Waals surface area contributed by atoms with Crippen LogP contribution in [0.4, 0.5) is 0 Å². The first-order chi connectivity index (χ1) is 10.6. The van der Waals surface area contributed by atoms with Gasteiger partial charge in [0.15, 0.2) is 0 Å². The third-order valence-corrected chi connectivity index (χ3v) is 4.49. The quantitative estimate of drug-likeness (QED) is 0.612. The maximum atomic E-state index is 11.8. The highest BCUT2D eigenvalue weighted by Crippen LogP contribution is 2.01. The molecule has 1 fully saturated rings. The third-order valence-electron chi connectivity index (χ3n) is 3.11. The van der Waals surface area contributed by atoms with Gasteiger partial charge in [0.1, 0.15) is 0 Å². The minimum Gasteiger partial charge on any atom is -0.352 e. The molecular formula is C15H20N4O2S. The predicted molar refractivity (Wildman–Crippen MR) is 88.3 cm³/mol. The molecule has 1 unspecified atom stereocenters. The topological polar surface area (TPSA) is 82.9 Å². The number of carbonyl (C=O) groups excluding carboxylic acids is 2. The number of nitrogens with one attached hydrogen (secondary N) is 2. The first kappa shape index (κ1) is 16.4. The summed E-state index contributed by atoms with van der Waals surface area (Å²) in [5, 5.41) is 9.71. The van der Waals surface area contributed by atoms with E-state index in [4.69, 9.17) is 0 Å². The molecule has 1 heterocycles. The van der Waals surface area contributed by atoms with Crippen molar-refractivity contribution in [2.24, 2.45) is 9.57 Å². The Morgan fingerprint density at radius 1 is 1.32 bits per heavy atom. The van der Waals surface area contributed by atoms with Crippen molar-refractivity contribution in [2.75, 3.05) is 11.6 Å². The Kier molecular flexibility index (Phi) is 6.27. The van der Waals surface area contributed by atoms with Crippen LogP contribution in [-0.2, 0) is 26.8 Å². The molecule has 0 bridgehead atoms.